The Labute approximate surface area is 269 Å². The van der Waals surface area contributed by atoms with Gasteiger partial charge in [0.25, 0.3) is 5.97 Å². The summed E-state index contributed by atoms with van der Waals surface area (Å²) in [5.41, 5.74) is 33.9. The first kappa shape index (κ1) is 41.1. The smallest absolute Gasteiger partial charge is 0.300 e. The molecule has 0 aliphatic heterocycles. The summed E-state index contributed by atoms with van der Waals surface area (Å²) in [5, 5.41) is 15.4. The Morgan fingerprint density at radius 1 is 0.739 bits per heavy atom. The zero-order valence-corrected chi connectivity index (χ0v) is 26.8. The first-order valence-corrected chi connectivity index (χ1v) is 14.8. The van der Waals surface area contributed by atoms with Crippen molar-refractivity contribution in [3.63, 3.8) is 0 Å². The first-order chi connectivity index (χ1) is 21.5. The zero-order chi connectivity index (χ0) is 35.2. The lowest BCUT2D eigenvalue weighted by atomic mass is 10.0. The number of nitrogens with one attached hydrogen (secondary N) is 3. The molecule has 0 bridgehead atoms. The minimum Gasteiger partial charge on any atom is -0.481 e. The number of hydrogen-bond donors (Lipinski definition) is 10. The lowest BCUT2D eigenvalue weighted by Crippen LogP contribution is -2.57. The van der Waals surface area contributed by atoms with Gasteiger partial charge in [0, 0.05) is 20.0 Å². The lowest BCUT2D eigenvalue weighted by molar-refractivity contribution is -0.134. The summed E-state index contributed by atoms with van der Waals surface area (Å²) in [6, 6.07) is 5.33. The van der Waals surface area contributed by atoms with Crippen LogP contribution in [0.25, 0.3) is 0 Å². The normalized spacial score (nSPS) is 13.0. The van der Waals surface area contributed by atoms with Gasteiger partial charge in [0.05, 0.1) is 6.04 Å². The van der Waals surface area contributed by atoms with Crippen molar-refractivity contribution in [2.45, 2.75) is 83.5 Å². The van der Waals surface area contributed by atoms with Crippen LogP contribution in [0.15, 0.2) is 40.3 Å². The van der Waals surface area contributed by atoms with Crippen LogP contribution in [0.4, 0.5) is 0 Å². The molecule has 0 aromatic heterocycles. The van der Waals surface area contributed by atoms with Gasteiger partial charge in [0.15, 0.2) is 11.9 Å². The van der Waals surface area contributed by atoms with Gasteiger partial charge in [-0.1, -0.05) is 44.2 Å². The van der Waals surface area contributed by atoms with E-state index in [4.69, 9.17) is 44.3 Å². The van der Waals surface area contributed by atoms with Crippen molar-refractivity contribution in [3.05, 3.63) is 35.9 Å². The summed E-state index contributed by atoms with van der Waals surface area (Å²) in [7, 11) is 0. The molecule has 17 heteroatoms. The summed E-state index contributed by atoms with van der Waals surface area (Å²) < 4.78 is 0. The molecule has 0 aliphatic rings. The highest BCUT2D eigenvalue weighted by Gasteiger charge is 2.30. The number of guanidine groups is 2. The van der Waals surface area contributed by atoms with Crippen LogP contribution in [-0.2, 0) is 30.4 Å². The number of hydrogen-bond acceptors (Lipinski definition) is 8. The number of amides is 4. The number of benzene rings is 1. The molecule has 0 spiro atoms. The second kappa shape index (κ2) is 22.6. The maximum atomic E-state index is 13.4. The number of carbonyl (C=O) groups excluding carboxylic acids is 4. The average Bonchev–Trinajstić information content (AvgIpc) is 2.95. The number of carboxylic acid groups (broad SMARTS) is 1. The molecule has 0 fully saturated rings. The minimum atomic E-state index is -1.07. The van der Waals surface area contributed by atoms with E-state index < -0.39 is 53.8 Å². The molecule has 1 aromatic rings. The third kappa shape index (κ3) is 20.1. The number of nitrogens with two attached hydrogens (primary N) is 6. The van der Waals surface area contributed by atoms with Crippen molar-refractivity contribution in [2.75, 3.05) is 13.1 Å². The molecule has 17 nitrogen and oxygen atoms in total. The van der Waals surface area contributed by atoms with Crippen LogP contribution in [0.3, 0.4) is 0 Å². The van der Waals surface area contributed by atoms with Crippen molar-refractivity contribution >= 4 is 41.5 Å². The zero-order valence-electron chi connectivity index (χ0n) is 26.8. The molecular formula is C29H51N11O6. The maximum Gasteiger partial charge on any atom is 0.300 e. The van der Waals surface area contributed by atoms with E-state index >= 15 is 0 Å². The molecule has 0 saturated heterocycles. The Kier molecular flexibility index (Phi) is 20.1. The van der Waals surface area contributed by atoms with Gasteiger partial charge in [0.2, 0.25) is 23.6 Å². The predicted octanol–water partition coefficient (Wildman–Crippen LogP) is -2.26. The van der Waals surface area contributed by atoms with Crippen LogP contribution < -0.4 is 50.4 Å². The second-order valence-corrected chi connectivity index (χ2v) is 10.9. The third-order valence-electron chi connectivity index (χ3n) is 6.16. The van der Waals surface area contributed by atoms with Crippen LogP contribution >= 0.6 is 0 Å². The molecule has 46 heavy (non-hydrogen) atoms. The van der Waals surface area contributed by atoms with Crippen molar-refractivity contribution < 1.29 is 29.1 Å². The van der Waals surface area contributed by atoms with Gasteiger partial charge in [-0.2, -0.15) is 0 Å². The molecule has 1 aromatic carbocycles. The summed E-state index contributed by atoms with van der Waals surface area (Å²) in [6.07, 6.45) is 1.62. The standard InChI is InChI=1S/C27H47N11O4.C2H4O2/c1-16(2)14-21(38-23(40)18(28)15-17-8-4-3-5-9-17)25(42)37-20(11-7-13-35-27(32)33)24(41)36-19(22(29)39)10-6-12-34-26(30)31;1-2(3)4/h3-5,8-9,16,18-21H,6-7,10-15,28H2,1-2H3,(H2,29,39)(H,36,41)(H,37,42)(H,38,40)(H4,30,31,34)(H4,32,33,35);1H3,(H,3,4)/t18-,19-,20-,21-;/m0./s1. The van der Waals surface area contributed by atoms with Gasteiger partial charge in [-0.25, -0.2) is 0 Å². The number of nitrogens with zero attached hydrogens (tertiary/aromatic N) is 2. The number of carboxylic acids is 1. The Morgan fingerprint density at radius 2 is 1.17 bits per heavy atom. The van der Waals surface area contributed by atoms with Crippen molar-refractivity contribution in [1.82, 2.24) is 16.0 Å². The van der Waals surface area contributed by atoms with Gasteiger partial charge >= 0.3 is 0 Å². The van der Waals surface area contributed by atoms with E-state index in [-0.39, 0.29) is 50.2 Å². The molecule has 258 valence electrons. The topological polar surface area (TPSA) is 323 Å². The van der Waals surface area contributed by atoms with Crippen molar-refractivity contribution in [3.8, 4) is 0 Å². The monoisotopic (exact) mass is 649 g/mol. The maximum absolute atomic E-state index is 13.4. The van der Waals surface area contributed by atoms with Crippen LogP contribution in [0.1, 0.15) is 58.4 Å². The second-order valence-electron chi connectivity index (χ2n) is 10.9. The van der Waals surface area contributed by atoms with Crippen LogP contribution in [0.5, 0.6) is 0 Å². The molecule has 4 atom stereocenters. The highest BCUT2D eigenvalue weighted by atomic mass is 16.4. The van der Waals surface area contributed by atoms with Gasteiger partial charge in [-0.3, -0.25) is 34.0 Å². The van der Waals surface area contributed by atoms with Gasteiger partial charge < -0.3 is 55.5 Å². The molecule has 0 unspecified atom stereocenters. The largest absolute Gasteiger partial charge is 0.481 e. The summed E-state index contributed by atoms with van der Waals surface area (Å²) >= 11 is 0. The number of aliphatic carboxylic acids is 1. The molecule has 4 amide bonds. The van der Waals surface area contributed by atoms with E-state index in [1.54, 1.807) is 0 Å². The van der Waals surface area contributed by atoms with Gasteiger partial charge in [-0.05, 0) is 50.0 Å². The van der Waals surface area contributed by atoms with Gasteiger partial charge in [-0.15, -0.1) is 0 Å². The number of aliphatic imine (C=N–C) groups is 2. The van der Waals surface area contributed by atoms with E-state index in [2.05, 4.69) is 25.9 Å². The quantitative estimate of drug-likeness (QED) is 0.0433. The molecule has 0 heterocycles. The Balaban J connectivity index is 0.00000476. The summed E-state index contributed by atoms with van der Waals surface area (Å²) in [5.74, 6) is -3.46. The number of rotatable bonds is 19. The fourth-order valence-electron chi connectivity index (χ4n) is 4.05. The molecule has 0 radical (unpaired) electrons. The average molecular weight is 650 g/mol. The van der Waals surface area contributed by atoms with Crippen LogP contribution in [0.2, 0.25) is 0 Å². The highest BCUT2D eigenvalue weighted by Crippen LogP contribution is 2.09. The fraction of sp³-hybridized carbons (Fsp3) is 0.552. The molecular weight excluding hydrogens is 598 g/mol. The van der Waals surface area contributed by atoms with E-state index in [1.807, 2.05) is 44.2 Å². The molecule has 16 N–H and O–H groups in total. The number of carbonyl (C=O) groups is 5. The van der Waals surface area contributed by atoms with Gasteiger partial charge in [0.1, 0.15) is 18.1 Å². The lowest BCUT2D eigenvalue weighted by Gasteiger charge is -2.26. The summed E-state index contributed by atoms with van der Waals surface area (Å²) in [6.45, 7) is 5.33. The first-order valence-electron chi connectivity index (χ1n) is 14.8. The highest BCUT2D eigenvalue weighted by molar-refractivity contribution is 5.94. The minimum absolute atomic E-state index is 0.0324. The predicted molar refractivity (Wildman–Crippen MR) is 176 cm³/mol. The van der Waals surface area contributed by atoms with Crippen LogP contribution in [0, 0.1) is 5.92 Å². The van der Waals surface area contributed by atoms with E-state index in [0.29, 0.717) is 19.3 Å². The molecule has 0 saturated carbocycles. The Morgan fingerprint density at radius 3 is 1.63 bits per heavy atom. The van der Waals surface area contributed by atoms with E-state index in [9.17, 15) is 19.2 Å². The van der Waals surface area contributed by atoms with Crippen LogP contribution in [-0.4, -0.2) is 83.9 Å². The Bertz CT molecular complexity index is 1170. The third-order valence-corrected chi connectivity index (χ3v) is 6.16. The fourth-order valence-corrected chi connectivity index (χ4v) is 4.05. The Hall–Kier alpha value is -4.93. The summed E-state index contributed by atoms with van der Waals surface area (Å²) in [4.78, 5) is 68.3. The SMILES string of the molecule is CC(=O)O.CC(C)C[C@H](NC(=O)[C@@H](N)Cc1ccccc1)C(=O)N[C@@H](CCCN=C(N)N)C(=O)N[C@@H](CCCN=C(N)N)C(N)=O. The molecule has 0 aliphatic carbocycles. The van der Waals surface area contributed by atoms with Crippen molar-refractivity contribution in [2.24, 2.45) is 50.3 Å². The van der Waals surface area contributed by atoms with E-state index in [0.717, 1.165) is 12.5 Å². The number of primary amides is 1. The van der Waals surface area contributed by atoms with E-state index in [1.165, 1.54) is 0 Å². The molecule has 1 rings (SSSR count). The van der Waals surface area contributed by atoms with Crippen molar-refractivity contribution in [1.29, 1.82) is 0 Å².